The van der Waals surface area contributed by atoms with E-state index in [1.165, 1.54) is 0 Å². The van der Waals surface area contributed by atoms with Crippen molar-refractivity contribution in [3.63, 3.8) is 0 Å². The number of hydrogen-bond acceptors (Lipinski definition) is 3. The Morgan fingerprint density at radius 2 is 2.06 bits per heavy atom. The molecule has 1 rings (SSSR count). The van der Waals surface area contributed by atoms with Crippen molar-refractivity contribution in [1.82, 2.24) is 4.90 Å². The van der Waals surface area contributed by atoms with Gasteiger partial charge in [-0.2, -0.15) is 5.26 Å². The monoisotopic (exact) mass is 246 g/mol. The summed E-state index contributed by atoms with van der Waals surface area (Å²) in [5.74, 6) is 0.834. The highest BCUT2D eigenvalue weighted by molar-refractivity contribution is 5.78. The maximum Gasteiger partial charge on any atom is 0.226 e. The lowest BCUT2D eigenvalue weighted by molar-refractivity contribution is -0.129. The number of carbonyl (C=O) groups excluding carboxylic acids is 1. The third-order valence-corrected chi connectivity index (χ3v) is 2.57. The molecule has 1 amide bonds. The molecule has 1 aromatic carbocycles. The molecule has 0 spiro atoms. The van der Waals surface area contributed by atoms with E-state index in [0.717, 1.165) is 11.3 Å². The van der Waals surface area contributed by atoms with Crippen LogP contribution in [0.3, 0.4) is 0 Å². The van der Waals surface area contributed by atoms with Crippen LogP contribution >= 0.6 is 0 Å². The topological polar surface area (TPSA) is 53.3 Å². The summed E-state index contributed by atoms with van der Waals surface area (Å²) >= 11 is 0. The van der Waals surface area contributed by atoms with Crippen molar-refractivity contribution in [3.05, 3.63) is 29.8 Å². The van der Waals surface area contributed by atoms with E-state index in [2.05, 4.69) is 0 Å². The fourth-order valence-electron chi connectivity index (χ4n) is 1.52. The second-order valence-electron chi connectivity index (χ2n) is 3.98. The molecule has 0 unspecified atom stereocenters. The summed E-state index contributed by atoms with van der Waals surface area (Å²) < 4.78 is 5.34. The summed E-state index contributed by atoms with van der Waals surface area (Å²) in [6.45, 7) is 3.04. The van der Waals surface area contributed by atoms with Crippen LogP contribution < -0.4 is 4.74 Å². The summed E-state index contributed by atoms with van der Waals surface area (Å²) in [4.78, 5) is 13.4. The van der Waals surface area contributed by atoms with E-state index >= 15 is 0 Å². The minimum absolute atomic E-state index is 0.0226. The predicted molar refractivity (Wildman–Crippen MR) is 69.2 cm³/mol. The quantitative estimate of drug-likeness (QED) is 0.771. The van der Waals surface area contributed by atoms with Gasteiger partial charge in [-0.15, -0.1) is 0 Å². The first-order chi connectivity index (χ1) is 8.67. The van der Waals surface area contributed by atoms with Gasteiger partial charge in [0.2, 0.25) is 5.91 Å². The molecule has 18 heavy (non-hydrogen) atoms. The molecule has 0 N–H and O–H groups in total. The Kier molecular flexibility index (Phi) is 5.72. The maximum atomic E-state index is 11.8. The highest BCUT2D eigenvalue weighted by Crippen LogP contribution is 2.13. The molecule has 1 aromatic rings. The van der Waals surface area contributed by atoms with Crippen LogP contribution in [0.15, 0.2) is 24.3 Å². The molecule has 0 aliphatic heterocycles. The summed E-state index contributed by atoms with van der Waals surface area (Å²) in [6.07, 6.45) is 0.722. The van der Waals surface area contributed by atoms with Crippen molar-refractivity contribution in [2.24, 2.45) is 0 Å². The van der Waals surface area contributed by atoms with Gasteiger partial charge in [0.05, 0.1) is 25.5 Å². The van der Waals surface area contributed by atoms with Gasteiger partial charge in [-0.25, -0.2) is 0 Å². The molecule has 0 heterocycles. The van der Waals surface area contributed by atoms with Crippen LogP contribution in [0.25, 0.3) is 0 Å². The Morgan fingerprint density at radius 1 is 1.39 bits per heavy atom. The Morgan fingerprint density at radius 3 is 2.61 bits per heavy atom. The second kappa shape index (κ2) is 7.33. The SMILES string of the molecule is CCOc1ccc(CC(=O)N(C)CCC#N)cc1. The van der Waals surface area contributed by atoms with E-state index in [1.54, 1.807) is 11.9 Å². The van der Waals surface area contributed by atoms with Gasteiger partial charge in [0.15, 0.2) is 0 Å². The third-order valence-electron chi connectivity index (χ3n) is 2.57. The smallest absolute Gasteiger partial charge is 0.226 e. The Bertz CT molecular complexity index is 420. The lowest BCUT2D eigenvalue weighted by Gasteiger charge is -2.15. The molecule has 4 heteroatoms. The van der Waals surface area contributed by atoms with E-state index in [9.17, 15) is 4.79 Å². The molecule has 0 aromatic heterocycles. The normalized spacial score (nSPS) is 9.61. The molecule has 0 atom stereocenters. The van der Waals surface area contributed by atoms with E-state index in [1.807, 2.05) is 37.3 Å². The molecule has 4 nitrogen and oxygen atoms in total. The standard InChI is InChI=1S/C14H18N2O2/c1-3-18-13-7-5-12(6-8-13)11-14(17)16(2)10-4-9-15/h5-8H,3-4,10-11H2,1-2H3. The summed E-state index contributed by atoms with van der Waals surface area (Å²) in [6, 6.07) is 9.53. The van der Waals surface area contributed by atoms with Gasteiger partial charge in [-0.05, 0) is 24.6 Å². The van der Waals surface area contributed by atoms with Crippen molar-refractivity contribution < 1.29 is 9.53 Å². The van der Waals surface area contributed by atoms with E-state index in [0.29, 0.717) is 26.0 Å². The fraction of sp³-hybridized carbons (Fsp3) is 0.429. The molecular weight excluding hydrogens is 228 g/mol. The zero-order valence-electron chi connectivity index (χ0n) is 10.8. The molecule has 0 saturated heterocycles. The number of benzene rings is 1. The number of ether oxygens (including phenoxy) is 1. The zero-order chi connectivity index (χ0) is 13.4. The van der Waals surface area contributed by atoms with Crippen LogP contribution in [0.5, 0.6) is 5.75 Å². The Balaban J connectivity index is 2.51. The van der Waals surface area contributed by atoms with Crippen LogP contribution in [0.4, 0.5) is 0 Å². The lowest BCUT2D eigenvalue weighted by Crippen LogP contribution is -2.28. The van der Waals surface area contributed by atoms with Gasteiger partial charge in [0.25, 0.3) is 0 Å². The maximum absolute atomic E-state index is 11.8. The van der Waals surface area contributed by atoms with Gasteiger partial charge < -0.3 is 9.64 Å². The molecule has 0 aliphatic rings. The van der Waals surface area contributed by atoms with Gasteiger partial charge in [-0.3, -0.25) is 4.79 Å². The fourth-order valence-corrected chi connectivity index (χ4v) is 1.52. The van der Waals surface area contributed by atoms with E-state index in [-0.39, 0.29) is 5.91 Å². The Hall–Kier alpha value is -2.02. The first-order valence-electron chi connectivity index (χ1n) is 6.00. The number of nitrogens with zero attached hydrogens (tertiary/aromatic N) is 2. The first kappa shape index (κ1) is 14.0. The van der Waals surface area contributed by atoms with E-state index in [4.69, 9.17) is 10.00 Å². The number of nitriles is 1. The van der Waals surface area contributed by atoms with Gasteiger partial charge in [-0.1, -0.05) is 12.1 Å². The van der Waals surface area contributed by atoms with Crippen LogP contribution in [0.1, 0.15) is 18.9 Å². The first-order valence-corrected chi connectivity index (χ1v) is 6.00. The number of rotatable bonds is 6. The third kappa shape index (κ3) is 4.46. The van der Waals surface area contributed by atoms with Crippen LogP contribution in [0, 0.1) is 11.3 Å². The number of hydrogen-bond donors (Lipinski definition) is 0. The van der Waals surface area contributed by atoms with Gasteiger partial charge in [0, 0.05) is 13.6 Å². The van der Waals surface area contributed by atoms with Crippen molar-refractivity contribution in [2.45, 2.75) is 19.8 Å². The average molecular weight is 246 g/mol. The largest absolute Gasteiger partial charge is 0.494 e. The van der Waals surface area contributed by atoms with Crippen LogP contribution in [-0.4, -0.2) is 31.0 Å². The summed E-state index contributed by atoms with van der Waals surface area (Å²) in [5.41, 5.74) is 0.951. The number of amides is 1. The number of carbonyl (C=O) groups is 1. The molecule has 0 aliphatic carbocycles. The molecule has 0 saturated carbocycles. The second-order valence-corrected chi connectivity index (χ2v) is 3.98. The summed E-state index contributed by atoms with van der Waals surface area (Å²) in [7, 11) is 1.72. The van der Waals surface area contributed by atoms with Crippen molar-refractivity contribution in [1.29, 1.82) is 5.26 Å². The highest BCUT2D eigenvalue weighted by atomic mass is 16.5. The molecule has 96 valence electrons. The highest BCUT2D eigenvalue weighted by Gasteiger charge is 2.09. The Labute approximate surface area is 108 Å². The van der Waals surface area contributed by atoms with Crippen molar-refractivity contribution in [2.75, 3.05) is 20.2 Å². The van der Waals surface area contributed by atoms with Crippen LogP contribution in [-0.2, 0) is 11.2 Å². The molecule has 0 radical (unpaired) electrons. The van der Waals surface area contributed by atoms with Crippen molar-refractivity contribution >= 4 is 5.91 Å². The molecule has 0 bridgehead atoms. The predicted octanol–water partition coefficient (Wildman–Crippen LogP) is 2.00. The van der Waals surface area contributed by atoms with Gasteiger partial charge in [0.1, 0.15) is 5.75 Å². The average Bonchev–Trinajstić information content (AvgIpc) is 2.38. The number of likely N-dealkylation sites (N-methyl/N-ethyl adjacent to an activating group) is 1. The van der Waals surface area contributed by atoms with E-state index < -0.39 is 0 Å². The summed E-state index contributed by atoms with van der Waals surface area (Å²) in [5, 5.41) is 8.47. The zero-order valence-corrected chi connectivity index (χ0v) is 10.8. The minimum Gasteiger partial charge on any atom is -0.494 e. The molecular formula is C14H18N2O2. The molecule has 0 fully saturated rings. The lowest BCUT2D eigenvalue weighted by atomic mass is 10.1. The minimum atomic E-state index is 0.0226. The van der Waals surface area contributed by atoms with Crippen LogP contribution in [0.2, 0.25) is 0 Å². The van der Waals surface area contributed by atoms with Gasteiger partial charge >= 0.3 is 0 Å². The van der Waals surface area contributed by atoms with Crippen molar-refractivity contribution in [3.8, 4) is 11.8 Å².